The molecule has 1 heterocycles. The molecule has 1 fully saturated rings. The van der Waals surface area contributed by atoms with Crippen LogP contribution in [0.3, 0.4) is 0 Å². The highest BCUT2D eigenvalue weighted by atomic mass is 16.6. The Morgan fingerprint density at radius 3 is 2.29 bits per heavy atom. The molecule has 5 unspecified atom stereocenters. The van der Waals surface area contributed by atoms with Crippen LogP contribution in [0.4, 0.5) is 0 Å². The predicted octanol–water partition coefficient (Wildman–Crippen LogP) is -2.40. The van der Waals surface area contributed by atoms with Gasteiger partial charge in [0.05, 0.1) is 6.04 Å². The minimum atomic E-state index is -1.52. The fraction of sp³-hybridized carbons (Fsp3) is 0.875. The van der Waals surface area contributed by atoms with Crippen molar-refractivity contribution < 1.29 is 24.9 Å². The Kier molecular flexibility index (Phi) is 3.57. The van der Waals surface area contributed by atoms with Crippen molar-refractivity contribution in [2.24, 2.45) is 0 Å². The monoisotopic (exact) mass is 205 g/mol. The third-order valence-corrected chi connectivity index (χ3v) is 2.36. The van der Waals surface area contributed by atoms with E-state index in [1.165, 1.54) is 14.0 Å². The van der Waals surface area contributed by atoms with E-state index in [0.717, 1.165) is 0 Å². The van der Waals surface area contributed by atoms with E-state index in [4.69, 9.17) is 9.84 Å². The lowest BCUT2D eigenvalue weighted by Gasteiger charge is -2.39. The van der Waals surface area contributed by atoms with Gasteiger partial charge in [-0.2, -0.15) is 0 Å². The summed E-state index contributed by atoms with van der Waals surface area (Å²) in [4.78, 5) is 11.1. The van der Waals surface area contributed by atoms with Crippen molar-refractivity contribution in [3.63, 3.8) is 0 Å². The Morgan fingerprint density at radius 2 is 1.86 bits per heavy atom. The van der Waals surface area contributed by atoms with Gasteiger partial charge in [0.1, 0.15) is 18.3 Å². The molecule has 0 radical (unpaired) electrons. The number of hydrogen-bond donors (Lipinski definition) is 4. The molecule has 0 aliphatic carbocycles. The minimum absolute atomic E-state index is 0.311. The van der Waals surface area contributed by atoms with Crippen LogP contribution in [0.2, 0.25) is 0 Å². The molecule has 0 bridgehead atoms. The van der Waals surface area contributed by atoms with Crippen LogP contribution >= 0.6 is 0 Å². The summed E-state index contributed by atoms with van der Waals surface area (Å²) in [6.07, 6.45) is -5.09. The highest BCUT2D eigenvalue weighted by Gasteiger charge is 2.44. The molecule has 0 saturated carbocycles. The second kappa shape index (κ2) is 4.33. The second-order valence-corrected chi connectivity index (χ2v) is 3.35. The molecule has 14 heavy (non-hydrogen) atoms. The maximum Gasteiger partial charge on any atom is 0.184 e. The molecule has 6 heteroatoms. The van der Waals surface area contributed by atoms with Gasteiger partial charge in [0.15, 0.2) is 12.1 Å². The maximum absolute atomic E-state index is 11.1. The number of aliphatic hydroxyl groups excluding tert-OH is 3. The smallest absolute Gasteiger partial charge is 0.184 e. The number of likely N-dealkylation sites (N-methyl/N-ethyl adjacent to an activating group) is 1. The molecule has 1 rings (SSSR count). The number of hydrogen-bond acceptors (Lipinski definition) is 6. The molecule has 0 aromatic carbocycles. The lowest BCUT2D eigenvalue weighted by molar-refractivity contribution is -0.251. The molecule has 1 aliphatic rings. The molecule has 0 aromatic heterocycles. The van der Waals surface area contributed by atoms with Gasteiger partial charge in [-0.15, -0.1) is 0 Å². The van der Waals surface area contributed by atoms with Crippen molar-refractivity contribution in [1.29, 1.82) is 0 Å². The molecular formula is C8H15NO5. The molecule has 0 spiro atoms. The summed E-state index contributed by atoms with van der Waals surface area (Å²) < 4.78 is 4.87. The SMILES string of the molecule is CNC1C(C(C)=O)OC(O)C(O)C1O. The molecule has 82 valence electrons. The zero-order valence-corrected chi connectivity index (χ0v) is 8.04. The van der Waals surface area contributed by atoms with E-state index in [1.807, 2.05) is 0 Å². The molecule has 0 aromatic rings. The van der Waals surface area contributed by atoms with Crippen LogP contribution in [0, 0.1) is 0 Å². The fourth-order valence-corrected chi connectivity index (χ4v) is 1.55. The van der Waals surface area contributed by atoms with Crippen LogP contribution in [0.15, 0.2) is 0 Å². The summed E-state index contributed by atoms with van der Waals surface area (Å²) in [5.74, 6) is -0.311. The zero-order chi connectivity index (χ0) is 10.9. The van der Waals surface area contributed by atoms with E-state index < -0.39 is 30.6 Å². The number of carbonyl (C=O) groups is 1. The molecule has 5 atom stereocenters. The van der Waals surface area contributed by atoms with E-state index >= 15 is 0 Å². The van der Waals surface area contributed by atoms with Crippen molar-refractivity contribution in [3.05, 3.63) is 0 Å². The summed E-state index contributed by atoms with van der Waals surface area (Å²) in [7, 11) is 1.54. The Labute approximate surface area is 81.5 Å². The molecule has 6 nitrogen and oxygen atoms in total. The number of aliphatic hydroxyl groups is 3. The van der Waals surface area contributed by atoms with Gasteiger partial charge in [-0.25, -0.2) is 0 Å². The molecule has 1 saturated heterocycles. The first-order valence-corrected chi connectivity index (χ1v) is 4.36. The number of ketones is 1. The standard InChI is InChI=1S/C8H15NO5/c1-3(10)7-4(9-2)5(11)6(12)8(13)14-7/h4-9,11-13H,1-2H3. The Bertz CT molecular complexity index is 222. The van der Waals surface area contributed by atoms with E-state index in [9.17, 15) is 15.0 Å². The van der Waals surface area contributed by atoms with Gasteiger partial charge in [0.2, 0.25) is 0 Å². The maximum atomic E-state index is 11.1. The largest absolute Gasteiger partial charge is 0.388 e. The Balaban J connectivity index is 2.82. The van der Waals surface area contributed by atoms with Crippen LogP contribution in [0.25, 0.3) is 0 Å². The molecular weight excluding hydrogens is 190 g/mol. The normalized spacial score (nSPS) is 43.6. The van der Waals surface area contributed by atoms with Gasteiger partial charge in [0, 0.05) is 0 Å². The Hall–Kier alpha value is -0.530. The number of carbonyl (C=O) groups excluding carboxylic acids is 1. The lowest BCUT2D eigenvalue weighted by Crippen LogP contribution is -2.63. The second-order valence-electron chi connectivity index (χ2n) is 3.35. The van der Waals surface area contributed by atoms with Crippen LogP contribution in [0.5, 0.6) is 0 Å². The average Bonchev–Trinajstić information content (AvgIpc) is 2.13. The number of ether oxygens (including phenoxy) is 1. The van der Waals surface area contributed by atoms with Crippen molar-refractivity contribution in [2.75, 3.05) is 7.05 Å². The van der Waals surface area contributed by atoms with E-state index in [-0.39, 0.29) is 5.78 Å². The third kappa shape index (κ3) is 1.94. The number of rotatable bonds is 2. The van der Waals surface area contributed by atoms with Gasteiger partial charge in [0.25, 0.3) is 0 Å². The summed E-state index contributed by atoms with van der Waals surface area (Å²) >= 11 is 0. The van der Waals surface area contributed by atoms with Crippen LogP contribution in [0.1, 0.15) is 6.92 Å². The average molecular weight is 205 g/mol. The fourth-order valence-electron chi connectivity index (χ4n) is 1.55. The zero-order valence-electron chi connectivity index (χ0n) is 8.04. The van der Waals surface area contributed by atoms with Crippen molar-refractivity contribution in [2.45, 2.75) is 37.6 Å². The van der Waals surface area contributed by atoms with Gasteiger partial charge in [-0.05, 0) is 14.0 Å². The first-order chi connectivity index (χ1) is 6.49. The molecule has 0 amide bonds. The quantitative estimate of drug-likeness (QED) is 0.401. The van der Waals surface area contributed by atoms with Crippen molar-refractivity contribution in [3.8, 4) is 0 Å². The summed E-state index contributed by atoms with van der Waals surface area (Å²) in [5, 5.41) is 30.6. The topological polar surface area (TPSA) is 99.0 Å². The summed E-state index contributed by atoms with van der Waals surface area (Å²) in [5.41, 5.74) is 0. The lowest BCUT2D eigenvalue weighted by atomic mass is 9.94. The first-order valence-electron chi connectivity index (χ1n) is 4.36. The number of nitrogens with one attached hydrogen (secondary N) is 1. The number of Topliss-reactive ketones (excluding diaryl/α,β-unsaturated/α-hetero) is 1. The van der Waals surface area contributed by atoms with E-state index in [0.29, 0.717) is 0 Å². The minimum Gasteiger partial charge on any atom is -0.388 e. The van der Waals surface area contributed by atoms with E-state index in [1.54, 1.807) is 0 Å². The highest BCUT2D eigenvalue weighted by molar-refractivity contribution is 5.81. The summed E-state index contributed by atoms with van der Waals surface area (Å²) in [6.45, 7) is 1.30. The van der Waals surface area contributed by atoms with Crippen molar-refractivity contribution in [1.82, 2.24) is 5.32 Å². The summed E-state index contributed by atoms with van der Waals surface area (Å²) in [6, 6.07) is -0.703. The molecule has 4 N–H and O–H groups in total. The van der Waals surface area contributed by atoms with Crippen LogP contribution in [-0.2, 0) is 9.53 Å². The Morgan fingerprint density at radius 1 is 1.29 bits per heavy atom. The van der Waals surface area contributed by atoms with Gasteiger partial charge in [-0.1, -0.05) is 0 Å². The van der Waals surface area contributed by atoms with Gasteiger partial charge in [-0.3, -0.25) is 4.79 Å². The van der Waals surface area contributed by atoms with Gasteiger partial charge >= 0.3 is 0 Å². The van der Waals surface area contributed by atoms with Crippen molar-refractivity contribution >= 4 is 5.78 Å². The predicted molar refractivity (Wildman–Crippen MR) is 46.4 cm³/mol. The highest BCUT2D eigenvalue weighted by Crippen LogP contribution is 2.20. The van der Waals surface area contributed by atoms with Crippen LogP contribution < -0.4 is 5.32 Å². The molecule has 1 aliphatic heterocycles. The first kappa shape index (κ1) is 11.5. The third-order valence-electron chi connectivity index (χ3n) is 2.36. The van der Waals surface area contributed by atoms with Gasteiger partial charge < -0.3 is 25.4 Å². The van der Waals surface area contributed by atoms with E-state index in [2.05, 4.69) is 5.32 Å². The van der Waals surface area contributed by atoms with Crippen LogP contribution in [-0.4, -0.2) is 58.8 Å².